The minimum atomic E-state index is 0.247. The molecular weight excluding hydrogens is 344 g/mol. The summed E-state index contributed by atoms with van der Waals surface area (Å²) in [6.07, 6.45) is 4.35. The Morgan fingerprint density at radius 1 is 1.07 bits per heavy atom. The van der Waals surface area contributed by atoms with Crippen molar-refractivity contribution >= 4 is 5.91 Å². The molecule has 1 N–H and O–H groups in total. The van der Waals surface area contributed by atoms with E-state index in [1.165, 1.54) is 24.0 Å². The lowest BCUT2D eigenvalue weighted by molar-refractivity contribution is -0.123. The van der Waals surface area contributed by atoms with Crippen molar-refractivity contribution < 1.29 is 4.79 Å². The lowest BCUT2D eigenvalue weighted by Crippen LogP contribution is -2.39. The van der Waals surface area contributed by atoms with Crippen LogP contribution in [0.5, 0.6) is 0 Å². The Kier molecular flexibility index (Phi) is 5.82. The smallest absolute Gasteiger partial charge is 0.223 e. The number of hydrogen-bond donors (Lipinski definition) is 1. The molecular formula is C25H32N2O. The SMILES string of the molecule is CC(CN1CCC2(CC1)CC2C(=O)NCCc1ccccc1)c1ccccc1. The van der Waals surface area contributed by atoms with Gasteiger partial charge in [-0.05, 0) is 61.2 Å². The number of carbonyl (C=O) groups is 1. The van der Waals surface area contributed by atoms with E-state index in [9.17, 15) is 4.79 Å². The number of amides is 1. The highest BCUT2D eigenvalue weighted by Gasteiger charge is 2.58. The first kappa shape index (κ1) is 19.2. The van der Waals surface area contributed by atoms with Gasteiger partial charge >= 0.3 is 0 Å². The van der Waals surface area contributed by atoms with E-state index in [0.717, 1.165) is 39.0 Å². The largest absolute Gasteiger partial charge is 0.356 e. The summed E-state index contributed by atoms with van der Waals surface area (Å²) in [5.41, 5.74) is 3.00. The van der Waals surface area contributed by atoms with Gasteiger partial charge in [0.1, 0.15) is 0 Å². The molecule has 1 amide bonds. The fourth-order valence-corrected chi connectivity index (χ4v) is 4.82. The van der Waals surface area contributed by atoms with E-state index in [1.807, 2.05) is 6.07 Å². The zero-order chi connectivity index (χ0) is 19.4. The van der Waals surface area contributed by atoms with Crippen LogP contribution < -0.4 is 5.32 Å². The van der Waals surface area contributed by atoms with Crippen molar-refractivity contribution in [1.82, 2.24) is 10.2 Å². The van der Waals surface area contributed by atoms with Crippen molar-refractivity contribution in [3.05, 3.63) is 71.8 Å². The molecule has 28 heavy (non-hydrogen) atoms. The van der Waals surface area contributed by atoms with Gasteiger partial charge in [-0.1, -0.05) is 67.6 Å². The maximum Gasteiger partial charge on any atom is 0.223 e. The van der Waals surface area contributed by atoms with Crippen molar-refractivity contribution in [3.8, 4) is 0 Å². The van der Waals surface area contributed by atoms with E-state index in [2.05, 4.69) is 71.7 Å². The van der Waals surface area contributed by atoms with Gasteiger partial charge in [-0.2, -0.15) is 0 Å². The fraction of sp³-hybridized carbons (Fsp3) is 0.480. The maximum absolute atomic E-state index is 12.6. The van der Waals surface area contributed by atoms with Crippen LogP contribution in [-0.4, -0.2) is 37.0 Å². The summed E-state index contributed by atoms with van der Waals surface area (Å²) in [6, 6.07) is 21.2. The number of rotatable bonds is 7. The van der Waals surface area contributed by atoms with E-state index in [4.69, 9.17) is 0 Å². The summed E-state index contributed by atoms with van der Waals surface area (Å²) in [7, 11) is 0. The first-order valence-corrected chi connectivity index (χ1v) is 10.8. The summed E-state index contributed by atoms with van der Waals surface area (Å²) < 4.78 is 0. The van der Waals surface area contributed by atoms with Crippen molar-refractivity contribution in [2.75, 3.05) is 26.2 Å². The van der Waals surface area contributed by atoms with Crippen LogP contribution in [-0.2, 0) is 11.2 Å². The number of benzene rings is 2. The summed E-state index contributed by atoms with van der Waals surface area (Å²) in [5, 5.41) is 3.18. The summed E-state index contributed by atoms with van der Waals surface area (Å²) in [5.74, 6) is 1.09. The molecule has 2 unspecified atom stereocenters. The third-order valence-corrected chi connectivity index (χ3v) is 6.81. The van der Waals surface area contributed by atoms with Crippen LogP contribution >= 0.6 is 0 Å². The zero-order valence-electron chi connectivity index (χ0n) is 16.9. The average Bonchev–Trinajstić information content (AvgIpc) is 3.45. The molecule has 2 aliphatic rings. The van der Waals surface area contributed by atoms with Gasteiger partial charge in [-0.25, -0.2) is 0 Å². The second-order valence-corrected chi connectivity index (χ2v) is 8.76. The molecule has 1 saturated heterocycles. The topological polar surface area (TPSA) is 32.3 Å². The number of nitrogens with one attached hydrogen (secondary N) is 1. The fourth-order valence-electron chi connectivity index (χ4n) is 4.82. The molecule has 1 aliphatic heterocycles. The second-order valence-electron chi connectivity index (χ2n) is 8.76. The van der Waals surface area contributed by atoms with Crippen LogP contribution in [0, 0.1) is 11.3 Å². The molecule has 3 heteroatoms. The monoisotopic (exact) mass is 376 g/mol. The lowest BCUT2D eigenvalue weighted by Gasteiger charge is -2.34. The van der Waals surface area contributed by atoms with E-state index in [-0.39, 0.29) is 11.8 Å². The van der Waals surface area contributed by atoms with Crippen molar-refractivity contribution in [2.45, 2.75) is 38.5 Å². The molecule has 1 saturated carbocycles. The van der Waals surface area contributed by atoms with Crippen LogP contribution in [0.3, 0.4) is 0 Å². The first-order valence-electron chi connectivity index (χ1n) is 10.8. The predicted octanol–water partition coefficient (Wildman–Crippen LogP) is 4.25. The van der Waals surface area contributed by atoms with Gasteiger partial charge in [0.15, 0.2) is 0 Å². The van der Waals surface area contributed by atoms with Gasteiger partial charge in [0.2, 0.25) is 5.91 Å². The molecule has 148 valence electrons. The minimum absolute atomic E-state index is 0.247. The molecule has 1 spiro atoms. The van der Waals surface area contributed by atoms with E-state index in [0.29, 0.717) is 11.3 Å². The molecule has 0 radical (unpaired) electrons. The molecule has 3 nitrogen and oxygen atoms in total. The Morgan fingerprint density at radius 3 is 2.39 bits per heavy atom. The standard InChI is InChI=1S/C25H32N2O/c1-20(22-10-6-3-7-11-22)19-27-16-13-25(14-17-27)18-23(25)24(28)26-15-12-21-8-4-2-5-9-21/h2-11,20,23H,12-19H2,1H3,(H,26,28). The van der Waals surface area contributed by atoms with Crippen LogP contribution in [0.15, 0.2) is 60.7 Å². The van der Waals surface area contributed by atoms with E-state index < -0.39 is 0 Å². The van der Waals surface area contributed by atoms with Crippen molar-refractivity contribution in [3.63, 3.8) is 0 Å². The Hall–Kier alpha value is -2.13. The number of nitrogens with zero attached hydrogens (tertiary/aromatic N) is 1. The predicted molar refractivity (Wildman–Crippen MR) is 114 cm³/mol. The third-order valence-electron chi connectivity index (χ3n) is 6.81. The van der Waals surface area contributed by atoms with Crippen LogP contribution in [0.2, 0.25) is 0 Å². The van der Waals surface area contributed by atoms with E-state index in [1.54, 1.807) is 0 Å². The Morgan fingerprint density at radius 2 is 1.71 bits per heavy atom. The average molecular weight is 377 g/mol. The highest BCUT2D eigenvalue weighted by molar-refractivity contribution is 5.82. The van der Waals surface area contributed by atoms with Crippen molar-refractivity contribution in [2.24, 2.45) is 11.3 Å². The van der Waals surface area contributed by atoms with Gasteiger partial charge in [0.05, 0.1) is 0 Å². The molecule has 2 aromatic rings. The number of hydrogen-bond acceptors (Lipinski definition) is 2. The normalized spacial score (nSPS) is 22.0. The Balaban J connectivity index is 1.19. The number of carbonyl (C=O) groups excluding carboxylic acids is 1. The molecule has 2 aromatic carbocycles. The van der Waals surface area contributed by atoms with Crippen molar-refractivity contribution in [1.29, 1.82) is 0 Å². The van der Waals surface area contributed by atoms with Gasteiger partial charge in [0, 0.05) is 19.0 Å². The summed E-state index contributed by atoms with van der Waals surface area (Å²) in [6.45, 7) is 6.44. The molecule has 0 bridgehead atoms. The molecule has 1 heterocycles. The summed E-state index contributed by atoms with van der Waals surface area (Å²) >= 11 is 0. The third kappa shape index (κ3) is 4.47. The summed E-state index contributed by atoms with van der Waals surface area (Å²) in [4.78, 5) is 15.2. The van der Waals surface area contributed by atoms with Crippen LogP contribution in [0.1, 0.15) is 43.2 Å². The molecule has 2 fully saturated rings. The highest BCUT2D eigenvalue weighted by Crippen LogP contribution is 2.59. The van der Waals surface area contributed by atoms with E-state index >= 15 is 0 Å². The van der Waals surface area contributed by atoms with Gasteiger partial charge in [0.25, 0.3) is 0 Å². The van der Waals surface area contributed by atoms with Gasteiger partial charge in [-0.3, -0.25) is 4.79 Å². The Labute approximate surface area is 169 Å². The Bertz CT molecular complexity index is 766. The minimum Gasteiger partial charge on any atom is -0.356 e. The molecule has 1 aliphatic carbocycles. The van der Waals surface area contributed by atoms with Crippen LogP contribution in [0.4, 0.5) is 0 Å². The molecule has 4 rings (SSSR count). The van der Waals surface area contributed by atoms with Gasteiger partial charge < -0.3 is 10.2 Å². The zero-order valence-corrected chi connectivity index (χ0v) is 16.9. The molecule has 2 atom stereocenters. The van der Waals surface area contributed by atoms with Gasteiger partial charge in [-0.15, -0.1) is 0 Å². The number of likely N-dealkylation sites (tertiary alicyclic amines) is 1. The molecule has 0 aromatic heterocycles. The van der Waals surface area contributed by atoms with Crippen LogP contribution in [0.25, 0.3) is 0 Å². The first-order chi connectivity index (χ1) is 13.7. The quantitative estimate of drug-likeness (QED) is 0.783. The highest BCUT2D eigenvalue weighted by atomic mass is 16.2. The maximum atomic E-state index is 12.6. The number of piperidine rings is 1. The lowest BCUT2D eigenvalue weighted by atomic mass is 9.89. The second kappa shape index (κ2) is 8.48.